The quantitative estimate of drug-likeness (QED) is 0.249. The summed E-state index contributed by atoms with van der Waals surface area (Å²) in [7, 11) is 0. The first-order valence-electron chi connectivity index (χ1n) is 13.2. The summed E-state index contributed by atoms with van der Waals surface area (Å²) in [6.45, 7) is 4.09. The van der Waals surface area contributed by atoms with E-state index in [9.17, 15) is 14.4 Å². The third kappa shape index (κ3) is 4.65. The van der Waals surface area contributed by atoms with Gasteiger partial charge in [0.25, 0.3) is 11.5 Å². The lowest BCUT2D eigenvalue weighted by Gasteiger charge is -2.24. The van der Waals surface area contributed by atoms with Gasteiger partial charge in [0.1, 0.15) is 4.53 Å². The SMILES string of the molecule is CCOC(=O)C1=C(C)N=c2s/c(=C3\C(=O)N(Cc4ccccc4)c4ccccc43)c(=O)n2[C@H]1c1ccc(SC)cc1. The van der Waals surface area contributed by atoms with Gasteiger partial charge in [0.2, 0.25) is 0 Å². The zero-order chi connectivity index (χ0) is 28.7. The van der Waals surface area contributed by atoms with Crippen LogP contribution in [0.4, 0.5) is 5.69 Å². The van der Waals surface area contributed by atoms with Crippen LogP contribution in [0, 0.1) is 0 Å². The topological polar surface area (TPSA) is 81.0 Å². The first-order valence-corrected chi connectivity index (χ1v) is 15.3. The fourth-order valence-electron chi connectivity index (χ4n) is 5.37. The van der Waals surface area contributed by atoms with Crippen LogP contribution in [0.25, 0.3) is 5.57 Å². The van der Waals surface area contributed by atoms with E-state index in [2.05, 4.69) is 4.99 Å². The van der Waals surface area contributed by atoms with Gasteiger partial charge in [-0.2, -0.15) is 0 Å². The Hall–Kier alpha value is -4.21. The number of hydrogen-bond donors (Lipinski definition) is 0. The molecule has 6 rings (SSSR count). The Balaban J connectivity index is 1.57. The number of nitrogens with zero attached hydrogens (tertiary/aromatic N) is 3. The molecule has 0 aliphatic carbocycles. The van der Waals surface area contributed by atoms with E-state index in [1.54, 1.807) is 30.5 Å². The fraction of sp³-hybridized carbons (Fsp3) is 0.188. The number of para-hydroxylation sites is 1. The summed E-state index contributed by atoms with van der Waals surface area (Å²) >= 11 is 2.79. The number of thiazole rings is 1. The fourth-order valence-corrected chi connectivity index (χ4v) is 6.91. The van der Waals surface area contributed by atoms with Crippen molar-refractivity contribution in [1.29, 1.82) is 0 Å². The Morgan fingerprint density at radius 3 is 2.41 bits per heavy atom. The van der Waals surface area contributed by atoms with Crippen molar-refractivity contribution in [1.82, 2.24) is 4.57 Å². The Bertz CT molecular complexity index is 1890. The zero-order valence-electron chi connectivity index (χ0n) is 22.8. The predicted molar refractivity (Wildman–Crippen MR) is 162 cm³/mol. The number of amides is 1. The molecule has 1 atom stereocenters. The van der Waals surface area contributed by atoms with Gasteiger partial charge in [0.05, 0.1) is 41.7 Å². The van der Waals surface area contributed by atoms with Gasteiger partial charge >= 0.3 is 5.97 Å². The van der Waals surface area contributed by atoms with Gasteiger partial charge in [-0.3, -0.25) is 14.2 Å². The van der Waals surface area contributed by atoms with E-state index in [1.165, 1.54) is 15.9 Å². The number of benzene rings is 3. The molecule has 9 heteroatoms. The van der Waals surface area contributed by atoms with Gasteiger partial charge in [0.15, 0.2) is 4.80 Å². The number of aromatic nitrogens is 1. The number of anilines is 1. The summed E-state index contributed by atoms with van der Waals surface area (Å²) < 4.78 is 7.25. The molecule has 0 spiro atoms. The molecule has 1 amide bonds. The molecule has 0 unspecified atom stereocenters. The van der Waals surface area contributed by atoms with Crippen LogP contribution in [0.2, 0.25) is 0 Å². The standard InChI is InChI=1S/C32H27N3O4S2/c1-4-39-31(38)25-19(2)33-32-35(27(25)21-14-16-22(40-3)17-15-21)30(37)28(41-32)26-23-12-8-9-13-24(23)34(29(26)36)18-20-10-6-5-7-11-20/h5-17,27H,4,18H2,1-3H3/b28-26-/t27-/m0/s1. The maximum atomic E-state index is 14.3. The van der Waals surface area contributed by atoms with Crippen LogP contribution in [-0.2, 0) is 20.9 Å². The van der Waals surface area contributed by atoms with Gasteiger partial charge in [-0.15, -0.1) is 11.8 Å². The van der Waals surface area contributed by atoms with Crippen LogP contribution in [0.5, 0.6) is 0 Å². The molecule has 0 radical (unpaired) electrons. The summed E-state index contributed by atoms with van der Waals surface area (Å²) in [6, 6.07) is 24.4. The highest BCUT2D eigenvalue weighted by molar-refractivity contribution is 7.98. The van der Waals surface area contributed by atoms with Gasteiger partial charge < -0.3 is 9.64 Å². The molecule has 0 N–H and O–H groups in total. The molecule has 0 fully saturated rings. The lowest BCUT2D eigenvalue weighted by Crippen LogP contribution is -2.41. The van der Waals surface area contributed by atoms with Crippen LogP contribution in [0.3, 0.4) is 0 Å². The van der Waals surface area contributed by atoms with E-state index < -0.39 is 12.0 Å². The van der Waals surface area contributed by atoms with E-state index >= 15 is 0 Å². The number of thioether (sulfide) groups is 1. The van der Waals surface area contributed by atoms with Gasteiger partial charge in [0, 0.05) is 10.5 Å². The van der Waals surface area contributed by atoms with E-state index in [1.807, 2.05) is 85.1 Å². The number of allylic oxidation sites excluding steroid dienone is 1. The summed E-state index contributed by atoms with van der Waals surface area (Å²) in [5.41, 5.74) is 4.02. The molecule has 7 nitrogen and oxygen atoms in total. The highest BCUT2D eigenvalue weighted by Gasteiger charge is 2.37. The maximum Gasteiger partial charge on any atom is 0.338 e. The van der Waals surface area contributed by atoms with Crippen molar-refractivity contribution in [2.75, 3.05) is 17.8 Å². The largest absolute Gasteiger partial charge is 0.463 e. The normalized spacial score (nSPS) is 17.3. The summed E-state index contributed by atoms with van der Waals surface area (Å²) in [4.78, 5) is 49.4. The van der Waals surface area contributed by atoms with Crippen LogP contribution < -0.4 is 19.8 Å². The van der Waals surface area contributed by atoms with E-state index in [0.717, 1.165) is 21.7 Å². The number of ether oxygens (including phenoxy) is 1. The molecule has 0 saturated carbocycles. The van der Waals surface area contributed by atoms with Crippen LogP contribution in [-0.4, -0.2) is 29.3 Å². The number of hydrogen-bond acceptors (Lipinski definition) is 7. The van der Waals surface area contributed by atoms with Gasteiger partial charge in [-0.05, 0) is 49.4 Å². The summed E-state index contributed by atoms with van der Waals surface area (Å²) in [5.74, 6) is -0.746. The average Bonchev–Trinajstić information content (AvgIpc) is 3.45. The second-order valence-electron chi connectivity index (χ2n) is 9.67. The minimum absolute atomic E-state index is 0.199. The second-order valence-corrected chi connectivity index (χ2v) is 11.5. The molecule has 0 saturated heterocycles. The van der Waals surface area contributed by atoms with Crippen molar-refractivity contribution in [3.8, 4) is 0 Å². The molecule has 2 aliphatic heterocycles. The van der Waals surface area contributed by atoms with Crippen molar-refractivity contribution in [2.24, 2.45) is 4.99 Å². The predicted octanol–water partition coefficient (Wildman–Crippen LogP) is 4.44. The van der Waals surface area contributed by atoms with Crippen molar-refractivity contribution >= 4 is 46.2 Å². The van der Waals surface area contributed by atoms with Crippen molar-refractivity contribution < 1.29 is 14.3 Å². The summed E-state index contributed by atoms with van der Waals surface area (Å²) in [6.07, 6.45) is 1.99. The maximum absolute atomic E-state index is 14.3. The molecule has 3 aromatic carbocycles. The molecular formula is C32H27N3O4S2. The summed E-state index contributed by atoms with van der Waals surface area (Å²) in [5, 5.41) is 0. The number of carbonyl (C=O) groups excluding carboxylic acids is 2. The lowest BCUT2D eigenvalue weighted by atomic mass is 9.96. The zero-order valence-corrected chi connectivity index (χ0v) is 24.4. The Kier molecular flexibility index (Phi) is 7.23. The molecule has 2 aliphatic rings. The highest BCUT2D eigenvalue weighted by atomic mass is 32.2. The first-order chi connectivity index (χ1) is 19.9. The lowest BCUT2D eigenvalue weighted by molar-refractivity contribution is -0.139. The Morgan fingerprint density at radius 2 is 1.71 bits per heavy atom. The minimum atomic E-state index is -0.734. The molecular weight excluding hydrogens is 555 g/mol. The molecule has 41 heavy (non-hydrogen) atoms. The number of fused-ring (bicyclic) bond motifs is 2. The van der Waals surface area contributed by atoms with Crippen LogP contribution >= 0.6 is 23.1 Å². The molecule has 206 valence electrons. The second kappa shape index (κ2) is 11.0. The first kappa shape index (κ1) is 27.0. The van der Waals surface area contributed by atoms with E-state index in [4.69, 9.17) is 4.74 Å². The van der Waals surface area contributed by atoms with E-state index in [-0.39, 0.29) is 18.1 Å². The molecule has 4 aromatic rings. The molecule has 3 heterocycles. The van der Waals surface area contributed by atoms with Crippen LogP contribution in [0.15, 0.2) is 105 Å². The van der Waals surface area contributed by atoms with E-state index in [0.29, 0.717) is 38.3 Å². The average molecular weight is 582 g/mol. The monoisotopic (exact) mass is 581 g/mol. The smallest absolute Gasteiger partial charge is 0.338 e. The molecule has 1 aromatic heterocycles. The Labute approximate surface area is 245 Å². The number of rotatable bonds is 6. The van der Waals surface area contributed by atoms with Crippen molar-refractivity contribution in [3.05, 3.63) is 127 Å². The highest BCUT2D eigenvalue weighted by Crippen LogP contribution is 2.37. The van der Waals surface area contributed by atoms with Crippen molar-refractivity contribution in [3.63, 3.8) is 0 Å². The van der Waals surface area contributed by atoms with Gasteiger partial charge in [-0.25, -0.2) is 9.79 Å². The van der Waals surface area contributed by atoms with Gasteiger partial charge in [-0.1, -0.05) is 72.0 Å². The van der Waals surface area contributed by atoms with Crippen molar-refractivity contribution in [2.45, 2.75) is 31.3 Å². The number of esters is 1. The Morgan fingerprint density at radius 1 is 1.00 bits per heavy atom. The van der Waals surface area contributed by atoms with Crippen LogP contribution in [0.1, 0.15) is 36.6 Å². The third-order valence-electron chi connectivity index (χ3n) is 7.26. The molecule has 0 bridgehead atoms. The number of carbonyl (C=O) groups is 2. The third-order valence-corrected chi connectivity index (χ3v) is 9.05. The minimum Gasteiger partial charge on any atom is -0.463 e.